The Morgan fingerprint density at radius 1 is 1.23 bits per heavy atom. The van der Waals surface area contributed by atoms with Gasteiger partial charge in [0, 0.05) is 13.2 Å². The average molecular weight is 176 g/mol. The second-order valence-electron chi connectivity index (χ2n) is 3.34. The van der Waals surface area contributed by atoms with Crippen molar-refractivity contribution in [1.82, 2.24) is 0 Å². The van der Waals surface area contributed by atoms with Crippen molar-refractivity contribution in [2.24, 2.45) is 0 Å². The minimum Gasteiger partial charge on any atom is -0.407 e. The minimum absolute atomic E-state index is 0.145. The first kappa shape index (κ1) is 8.79. The van der Waals surface area contributed by atoms with Crippen molar-refractivity contribution in [1.29, 1.82) is 0 Å². The van der Waals surface area contributed by atoms with E-state index in [1.165, 1.54) is 5.56 Å². The van der Waals surface area contributed by atoms with E-state index in [9.17, 15) is 0 Å². The third kappa shape index (κ3) is 2.11. The van der Waals surface area contributed by atoms with E-state index in [-0.39, 0.29) is 7.12 Å². The fourth-order valence-corrected chi connectivity index (χ4v) is 1.50. The van der Waals surface area contributed by atoms with Crippen LogP contribution in [0.3, 0.4) is 0 Å². The maximum absolute atomic E-state index is 5.50. The van der Waals surface area contributed by atoms with Gasteiger partial charge < -0.3 is 9.31 Å². The SMILES string of the molecule is Cc1cccc(B2OCCCO2)c1. The van der Waals surface area contributed by atoms with Crippen LogP contribution in [0.15, 0.2) is 24.3 Å². The molecule has 68 valence electrons. The van der Waals surface area contributed by atoms with Crippen LogP contribution in [0.2, 0.25) is 0 Å². The normalized spacial score (nSPS) is 17.5. The van der Waals surface area contributed by atoms with Crippen LogP contribution in [-0.4, -0.2) is 20.3 Å². The number of benzene rings is 1. The molecule has 0 atom stereocenters. The van der Waals surface area contributed by atoms with Gasteiger partial charge in [-0.25, -0.2) is 0 Å². The molecule has 0 aromatic heterocycles. The molecule has 1 fully saturated rings. The van der Waals surface area contributed by atoms with Crippen LogP contribution >= 0.6 is 0 Å². The summed E-state index contributed by atoms with van der Waals surface area (Å²) in [6, 6.07) is 8.26. The number of rotatable bonds is 1. The molecule has 1 aromatic carbocycles. The minimum atomic E-state index is -0.145. The van der Waals surface area contributed by atoms with Crippen LogP contribution in [-0.2, 0) is 9.31 Å². The van der Waals surface area contributed by atoms with Gasteiger partial charge >= 0.3 is 7.12 Å². The number of hydrogen-bond acceptors (Lipinski definition) is 2. The highest BCUT2D eigenvalue weighted by molar-refractivity contribution is 6.61. The Morgan fingerprint density at radius 3 is 2.69 bits per heavy atom. The van der Waals surface area contributed by atoms with Crippen molar-refractivity contribution in [2.75, 3.05) is 13.2 Å². The molecule has 0 bridgehead atoms. The molecule has 0 radical (unpaired) electrons. The maximum atomic E-state index is 5.50. The predicted octanol–water partition coefficient (Wildman–Crippen LogP) is 1.13. The highest BCUT2D eigenvalue weighted by atomic mass is 16.6. The first-order chi connectivity index (χ1) is 6.36. The zero-order chi connectivity index (χ0) is 9.10. The Kier molecular flexibility index (Phi) is 2.66. The fraction of sp³-hybridized carbons (Fsp3) is 0.400. The van der Waals surface area contributed by atoms with Crippen molar-refractivity contribution >= 4 is 12.6 Å². The molecule has 0 aliphatic carbocycles. The standard InChI is InChI=1S/C10H13BO2/c1-9-4-2-5-10(8-9)11-12-6-3-7-13-11/h2,4-5,8H,3,6-7H2,1H3. The van der Waals surface area contributed by atoms with Gasteiger partial charge in [0.1, 0.15) is 0 Å². The summed E-state index contributed by atoms with van der Waals surface area (Å²) in [6.45, 7) is 3.68. The Balaban J connectivity index is 2.14. The summed E-state index contributed by atoms with van der Waals surface area (Å²) in [4.78, 5) is 0. The van der Waals surface area contributed by atoms with Crippen LogP contribution < -0.4 is 5.46 Å². The highest BCUT2D eigenvalue weighted by Gasteiger charge is 2.23. The molecule has 0 saturated carbocycles. The quantitative estimate of drug-likeness (QED) is 0.597. The zero-order valence-corrected chi connectivity index (χ0v) is 7.82. The van der Waals surface area contributed by atoms with Crippen molar-refractivity contribution < 1.29 is 9.31 Å². The molecule has 1 aliphatic heterocycles. The average Bonchev–Trinajstić information content (AvgIpc) is 2.19. The Labute approximate surface area is 79.0 Å². The molecular formula is C10H13BO2. The van der Waals surface area contributed by atoms with E-state index in [4.69, 9.17) is 9.31 Å². The number of hydrogen-bond donors (Lipinski definition) is 0. The van der Waals surface area contributed by atoms with Crippen molar-refractivity contribution in [3.8, 4) is 0 Å². The van der Waals surface area contributed by atoms with Gasteiger partial charge in [0.2, 0.25) is 0 Å². The molecule has 0 unspecified atom stereocenters. The third-order valence-corrected chi connectivity index (χ3v) is 2.14. The van der Waals surface area contributed by atoms with Gasteiger partial charge in [-0.05, 0) is 18.8 Å². The first-order valence-corrected chi connectivity index (χ1v) is 4.66. The molecule has 0 amide bonds. The van der Waals surface area contributed by atoms with E-state index >= 15 is 0 Å². The van der Waals surface area contributed by atoms with Gasteiger partial charge in [0.25, 0.3) is 0 Å². The van der Waals surface area contributed by atoms with Gasteiger partial charge in [-0.15, -0.1) is 0 Å². The topological polar surface area (TPSA) is 18.5 Å². The predicted molar refractivity (Wildman–Crippen MR) is 53.1 cm³/mol. The lowest BCUT2D eigenvalue weighted by molar-refractivity contribution is 0.143. The second kappa shape index (κ2) is 3.94. The first-order valence-electron chi connectivity index (χ1n) is 4.66. The van der Waals surface area contributed by atoms with Crippen LogP contribution in [0.25, 0.3) is 0 Å². The summed E-state index contributed by atoms with van der Waals surface area (Å²) in [7, 11) is -0.145. The molecule has 0 N–H and O–H groups in total. The Morgan fingerprint density at radius 2 is 2.00 bits per heavy atom. The summed E-state index contributed by atoms with van der Waals surface area (Å²) in [5, 5.41) is 0. The van der Waals surface area contributed by atoms with E-state index in [1.54, 1.807) is 0 Å². The van der Waals surface area contributed by atoms with Gasteiger partial charge in [-0.2, -0.15) is 0 Å². The summed E-state index contributed by atoms with van der Waals surface area (Å²) in [5.41, 5.74) is 2.37. The lowest BCUT2D eigenvalue weighted by Crippen LogP contribution is -2.40. The highest BCUT2D eigenvalue weighted by Crippen LogP contribution is 2.03. The maximum Gasteiger partial charge on any atom is 0.493 e. The molecule has 2 rings (SSSR count). The Hall–Kier alpha value is -0.795. The Bertz CT molecular complexity index is 282. The largest absolute Gasteiger partial charge is 0.493 e. The van der Waals surface area contributed by atoms with Crippen LogP contribution in [0, 0.1) is 6.92 Å². The molecule has 0 spiro atoms. The van der Waals surface area contributed by atoms with Gasteiger partial charge in [0.05, 0.1) is 0 Å². The number of aryl methyl sites for hydroxylation is 1. The van der Waals surface area contributed by atoms with E-state index in [2.05, 4.69) is 19.1 Å². The molecule has 1 aliphatic rings. The molecule has 1 heterocycles. The molecule has 3 heteroatoms. The molecular weight excluding hydrogens is 163 g/mol. The summed E-state index contributed by atoms with van der Waals surface area (Å²) in [5.74, 6) is 0. The van der Waals surface area contributed by atoms with E-state index in [0.717, 1.165) is 25.1 Å². The van der Waals surface area contributed by atoms with Gasteiger partial charge in [0.15, 0.2) is 0 Å². The molecule has 2 nitrogen and oxygen atoms in total. The fourth-order valence-electron chi connectivity index (χ4n) is 1.50. The molecule has 1 saturated heterocycles. The van der Waals surface area contributed by atoms with Gasteiger partial charge in [-0.3, -0.25) is 0 Å². The van der Waals surface area contributed by atoms with Crippen molar-refractivity contribution in [2.45, 2.75) is 13.3 Å². The van der Waals surface area contributed by atoms with E-state index in [0.29, 0.717) is 0 Å². The van der Waals surface area contributed by atoms with Gasteiger partial charge in [-0.1, -0.05) is 29.8 Å². The zero-order valence-electron chi connectivity index (χ0n) is 7.82. The third-order valence-electron chi connectivity index (χ3n) is 2.14. The second-order valence-corrected chi connectivity index (χ2v) is 3.34. The smallest absolute Gasteiger partial charge is 0.407 e. The van der Waals surface area contributed by atoms with E-state index < -0.39 is 0 Å². The van der Waals surface area contributed by atoms with Crippen LogP contribution in [0.1, 0.15) is 12.0 Å². The summed E-state index contributed by atoms with van der Waals surface area (Å²) >= 11 is 0. The van der Waals surface area contributed by atoms with Crippen LogP contribution in [0.5, 0.6) is 0 Å². The van der Waals surface area contributed by atoms with Crippen molar-refractivity contribution in [3.05, 3.63) is 29.8 Å². The lowest BCUT2D eigenvalue weighted by Gasteiger charge is -2.19. The van der Waals surface area contributed by atoms with E-state index in [1.807, 2.05) is 12.1 Å². The van der Waals surface area contributed by atoms with Crippen molar-refractivity contribution in [3.63, 3.8) is 0 Å². The molecule has 13 heavy (non-hydrogen) atoms. The summed E-state index contributed by atoms with van der Waals surface area (Å²) in [6.07, 6.45) is 1.00. The van der Waals surface area contributed by atoms with Crippen LogP contribution in [0.4, 0.5) is 0 Å². The monoisotopic (exact) mass is 176 g/mol. The summed E-state index contributed by atoms with van der Waals surface area (Å²) < 4.78 is 11.0. The lowest BCUT2D eigenvalue weighted by atomic mass is 9.77. The molecule has 1 aromatic rings.